The maximum absolute atomic E-state index is 13.3. The molecule has 0 aliphatic carbocycles. The Morgan fingerprint density at radius 2 is 1.65 bits per heavy atom. The van der Waals surface area contributed by atoms with Crippen LogP contribution in [0.1, 0.15) is 36.6 Å². The molecule has 0 radical (unpaired) electrons. The van der Waals surface area contributed by atoms with E-state index in [0.717, 1.165) is 5.56 Å². The monoisotopic (exact) mass is 457 g/mol. The van der Waals surface area contributed by atoms with E-state index in [1.165, 1.54) is 4.90 Å². The van der Waals surface area contributed by atoms with Gasteiger partial charge in [-0.2, -0.15) is 0 Å². The second-order valence-corrected chi connectivity index (χ2v) is 8.48. The number of aliphatic hydroxyl groups excluding tert-OH is 1. The maximum atomic E-state index is 13.3. The van der Waals surface area contributed by atoms with Crippen molar-refractivity contribution in [1.82, 2.24) is 0 Å². The Bertz CT molecular complexity index is 1260. The Labute approximate surface area is 199 Å². The van der Waals surface area contributed by atoms with Gasteiger partial charge in [-0.25, -0.2) is 0 Å². The van der Waals surface area contributed by atoms with Crippen molar-refractivity contribution in [2.24, 2.45) is 0 Å². The quantitative estimate of drug-likeness (QED) is 0.304. The highest BCUT2D eigenvalue weighted by atomic mass is 16.5. The predicted octanol–water partition coefficient (Wildman–Crippen LogP) is 5.42. The molecule has 3 aromatic rings. The summed E-state index contributed by atoms with van der Waals surface area (Å²) in [6.07, 6.45) is 0.00663. The Morgan fingerprint density at radius 1 is 0.941 bits per heavy atom. The van der Waals surface area contributed by atoms with Gasteiger partial charge in [0, 0.05) is 11.3 Å². The van der Waals surface area contributed by atoms with E-state index in [9.17, 15) is 14.7 Å². The normalized spacial score (nSPS) is 17.3. The molecule has 4 rings (SSSR count). The van der Waals surface area contributed by atoms with Crippen LogP contribution >= 0.6 is 0 Å². The van der Waals surface area contributed by atoms with Gasteiger partial charge in [-0.15, -0.1) is 0 Å². The van der Waals surface area contributed by atoms with Crippen molar-refractivity contribution in [3.63, 3.8) is 0 Å². The number of anilines is 1. The molecular formula is C28H27NO5. The minimum Gasteiger partial charge on any atom is -0.507 e. The molecule has 1 aliphatic heterocycles. The van der Waals surface area contributed by atoms with Crippen molar-refractivity contribution in [3.8, 4) is 11.5 Å². The number of aryl methyl sites for hydroxylation is 1. The highest BCUT2D eigenvalue weighted by molar-refractivity contribution is 6.51. The number of hydrogen-bond donors (Lipinski definition) is 1. The number of hydrogen-bond acceptors (Lipinski definition) is 5. The Morgan fingerprint density at radius 3 is 2.29 bits per heavy atom. The standard InChI is InChI=1S/C28H27NO5/c1-17(2)34-22-13-11-19(12-14-22)26(30)24-25(20-8-6-10-23(16-20)33-4)29(28(32)27(24)31)21-9-5-7-18(3)15-21/h5-17,25,30H,1-4H3/b26-24+. The molecule has 0 aromatic heterocycles. The Balaban J connectivity index is 1.88. The number of rotatable bonds is 6. The number of Topliss-reactive ketones (excluding diaryl/α,β-unsaturated/α-hetero) is 1. The molecule has 6 nitrogen and oxygen atoms in total. The SMILES string of the molecule is COc1cccc(C2/C(=C(\O)c3ccc(OC(C)C)cc3)C(=O)C(=O)N2c2cccc(C)c2)c1. The summed E-state index contributed by atoms with van der Waals surface area (Å²) in [6.45, 7) is 5.77. The highest BCUT2D eigenvalue weighted by Crippen LogP contribution is 2.43. The summed E-state index contributed by atoms with van der Waals surface area (Å²) in [5.41, 5.74) is 2.63. The zero-order chi connectivity index (χ0) is 24.4. The largest absolute Gasteiger partial charge is 0.507 e. The molecule has 34 heavy (non-hydrogen) atoms. The fraction of sp³-hybridized carbons (Fsp3) is 0.214. The fourth-order valence-electron chi connectivity index (χ4n) is 4.12. The van der Waals surface area contributed by atoms with Crippen LogP contribution in [0.4, 0.5) is 5.69 Å². The van der Waals surface area contributed by atoms with Crippen LogP contribution in [-0.2, 0) is 9.59 Å². The number of benzene rings is 3. The van der Waals surface area contributed by atoms with Crippen molar-refractivity contribution >= 4 is 23.1 Å². The van der Waals surface area contributed by atoms with E-state index in [-0.39, 0.29) is 17.4 Å². The van der Waals surface area contributed by atoms with Crippen LogP contribution in [0.15, 0.2) is 78.4 Å². The lowest BCUT2D eigenvalue weighted by Crippen LogP contribution is -2.29. The van der Waals surface area contributed by atoms with Crippen LogP contribution in [0.2, 0.25) is 0 Å². The van der Waals surface area contributed by atoms with Gasteiger partial charge in [0.25, 0.3) is 11.7 Å². The highest BCUT2D eigenvalue weighted by Gasteiger charge is 2.47. The lowest BCUT2D eigenvalue weighted by molar-refractivity contribution is -0.132. The summed E-state index contributed by atoms with van der Waals surface area (Å²) < 4.78 is 11.0. The number of aliphatic hydroxyl groups is 1. The van der Waals surface area contributed by atoms with Crippen LogP contribution in [0.5, 0.6) is 11.5 Å². The van der Waals surface area contributed by atoms with Crippen molar-refractivity contribution < 1.29 is 24.2 Å². The maximum Gasteiger partial charge on any atom is 0.300 e. The Kier molecular flexibility index (Phi) is 6.41. The van der Waals surface area contributed by atoms with E-state index >= 15 is 0 Å². The van der Waals surface area contributed by atoms with Crippen molar-refractivity contribution in [1.29, 1.82) is 0 Å². The predicted molar refractivity (Wildman–Crippen MR) is 131 cm³/mol. The molecule has 1 amide bonds. The van der Waals surface area contributed by atoms with Gasteiger partial charge in [-0.1, -0.05) is 24.3 Å². The Hall–Kier alpha value is -4.06. The lowest BCUT2D eigenvalue weighted by atomic mass is 9.95. The lowest BCUT2D eigenvalue weighted by Gasteiger charge is -2.26. The molecule has 1 saturated heterocycles. The van der Waals surface area contributed by atoms with E-state index in [1.54, 1.807) is 55.6 Å². The third kappa shape index (κ3) is 4.39. The van der Waals surface area contributed by atoms with Crippen molar-refractivity contribution in [2.45, 2.75) is 32.9 Å². The van der Waals surface area contributed by atoms with E-state index in [2.05, 4.69) is 0 Å². The molecule has 6 heteroatoms. The fourth-order valence-corrected chi connectivity index (χ4v) is 4.12. The summed E-state index contributed by atoms with van der Waals surface area (Å²) in [4.78, 5) is 28.0. The molecule has 1 aliphatic rings. The minimum atomic E-state index is -0.816. The van der Waals surface area contributed by atoms with Crippen LogP contribution in [0.3, 0.4) is 0 Å². The van der Waals surface area contributed by atoms with Gasteiger partial charge in [-0.3, -0.25) is 14.5 Å². The summed E-state index contributed by atoms with van der Waals surface area (Å²) in [6, 6.07) is 20.5. The number of amides is 1. The minimum absolute atomic E-state index is 0.00663. The number of carbonyl (C=O) groups is 2. The number of nitrogens with zero attached hydrogens (tertiary/aromatic N) is 1. The van der Waals surface area contributed by atoms with Crippen molar-refractivity contribution in [2.75, 3.05) is 12.0 Å². The molecule has 1 unspecified atom stereocenters. The van der Waals surface area contributed by atoms with E-state index in [1.807, 2.05) is 45.0 Å². The molecular weight excluding hydrogens is 430 g/mol. The van der Waals surface area contributed by atoms with Gasteiger partial charge in [-0.05, 0) is 80.4 Å². The number of carbonyl (C=O) groups excluding carboxylic acids is 2. The number of methoxy groups -OCH3 is 1. The third-order valence-electron chi connectivity index (χ3n) is 5.63. The molecule has 0 saturated carbocycles. The van der Waals surface area contributed by atoms with Gasteiger partial charge in [0.1, 0.15) is 17.3 Å². The first-order valence-electron chi connectivity index (χ1n) is 11.1. The van der Waals surface area contributed by atoms with E-state index in [0.29, 0.717) is 28.3 Å². The first-order chi connectivity index (χ1) is 16.3. The topological polar surface area (TPSA) is 76.1 Å². The van der Waals surface area contributed by atoms with Gasteiger partial charge < -0.3 is 14.6 Å². The first-order valence-corrected chi connectivity index (χ1v) is 11.1. The number of ether oxygens (including phenoxy) is 2. The van der Waals surface area contributed by atoms with Gasteiger partial charge in [0.2, 0.25) is 0 Å². The summed E-state index contributed by atoms with van der Waals surface area (Å²) in [7, 11) is 1.55. The zero-order valence-electron chi connectivity index (χ0n) is 19.6. The molecule has 0 bridgehead atoms. The summed E-state index contributed by atoms with van der Waals surface area (Å²) >= 11 is 0. The smallest absolute Gasteiger partial charge is 0.300 e. The van der Waals surface area contributed by atoms with Crippen molar-refractivity contribution in [3.05, 3.63) is 95.1 Å². The molecule has 1 N–H and O–H groups in total. The zero-order valence-corrected chi connectivity index (χ0v) is 19.6. The molecule has 3 aromatic carbocycles. The van der Waals surface area contributed by atoms with Gasteiger partial charge >= 0.3 is 0 Å². The summed E-state index contributed by atoms with van der Waals surface area (Å²) in [5.74, 6) is -0.440. The molecule has 1 fully saturated rings. The van der Waals surface area contributed by atoms with Crippen LogP contribution < -0.4 is 14.4 Å². The average molecular weight is 458 g/mol. The molecule has 1 heterocycles. The average Bonchev–Trinajstić information content (AvgIpc) is 3.09. The molecule has 174 valence electrons. The van der Waals surface area contributed by atoms with Gasteiger partial charge in [0.05, 0.1) is 24.8 Å². The molecule has 1 atom stereocenters. The third-order valence-corrected chi connectivity index (χ3v) is 5.63. The first kappa shape index (κ1) is 23.1. The second kappa shape index (κ2) is 9.43. The van der Waals surface area contributed by atoms with Crippen LogP contribution in [0, 0.1) is 6.92 Å². The van der Waals surface area contributed by atoms with Gasteiger partial charge in [0.15, 0.2) is 0 Å². The van der Waals surface area contributed by atoms with Crippen LogP contribution in [-0.4, -0.2) is 30.0 Å². The molecule has 0 spiro atoms. The second-order valence-electron chi connectivity index (χ2n) is 8.48. The van der Waals surface area contributed by atoms with E-state index in [4.69, 9.17) is 9.47 Å². The van der Waals surface area contributed by atoms with E-state index < -0.39 is 17.7 Å². The number of ketones is 1. The summed E-state index contributed by atoms with van der Waals surface area (Å²) in [5, 5.41) is 11.3. The van der Waals surface area contributed by atoms with Crippen LogP contribution in [0.25, 0.3) is 5.76 Å².